The Labute approximate surface area is 195 Å². The van der Waals surface area contributed by atoms with Gasteiger partial charge in [-0.3, -0.25) is 9.59 Å². The van der Waals surface area contributed by atoms with Crippen LogP contribution in [0.3, 0.4) is 0 Å². The lowest BCUT2D eigenvalue weighted by molar-refractivity contribution is -0.141. The molecule has 6 nitrogen and oxygen atoms in total. The summed E-state index contributed by atoms with van der Waals surface area (Å²) in [5, 5.41) is 3.05. The zero-order valence-corrected chi connectivity index (χ0v) is 19.4. The van der Waals surface area contributed by atoms with E-state index in [0.29, 0.717) is 24.3 Å². The summed E-state index contributed by atoms with van der Waals surface area (Å²) in [7, 11) is 1.60. The molecule has 0 bridgehead atoms. The molecule has 1 saturated carbocycles. The smallest absolute Gasteiger partial charge is 0.242 e. The molecule has 0 unspecified atom stereocenters. The van der Waals surface area contributed by atoms with Gasteiger partial charge >= 0.3 is 0 Å². The van der Waals surface area contributed by atoms with Crippen LogP contribution >= 0.6 is 0 Å². The van der Waals surface area contributed by atoms with Crippen molar-refractivity contribution in [1.29, 1.82) is 0 Å². The van der Waals surface area contributed by atoms with Crippen molar-refractivity contribution in [3.63, 3.8) is 0 Å². The van der Waals surface area contributed by atoms with Gasteiger partial charge in [0.1, 0.15) is 23.4 Å². The van der Waals surface area contributed by atoms with E-state index < -0.39 is 6.04 Å². The van der Waals surface area contributed by atoms with E-state index in [1.54, 1.807) is 56.5 Å². The third-order valence-corrected chi connectivity index (χ3v) is 6.03. The zero-order chi connectivity index (χ0) is 23.6. The van der Waals surface area contributed by atoms with E-state index in [1.807, 2.05) is 0 Å². The average Bonchev–Trinajstić information content (AvgIpc) is 3.34. The SMILES string of the molecule is COc1ccc(OCCCC(=O)N(Cc2ccccc2F)[C@@H](C)C(=O)NC2CCCC2)cc1. The summed E-state index contributed by atoms with van der Waals surface area (Å²) in [5.74, 6) is 0.648. The minimum absolute atomic E-state index is 0.0457. The van der Waals surface area contributed by atoms with Crippen LogP contribution in [0.2, 0.25) is 0 Å². The molecule has 0 heterocycles. The minimum atomic E-state index is -0.694. The molecule has 2 aromatic carbocycles. The van der Waals surface area contributed by atoms with Crippen molar-refractivity contribution in [3.05, 3.63) is 59.9 Å². The predicted molar refractivity (Wildman–Crippen MR) is 125 cm³/mol. The summed E-state index contributed by atoms with van der Waals surface area (Å²) in [6.07, 6.45) is 4.81. The van der Waals surface area contributed by atoms with Crippen molar-refractivity contribution in [3.8, 4) is 11.5 Å². The third kappa shape index (κ3) is 7.20. The standard InChI is InChI=1S/C26H33FN2O4/c1-19(26(31)28-21-9-4-5-10-21)29(18-20-8-3-6-11-24(20)27)25(30)12-7-17-33-23-15-13-22(32-2)14-16-23/h3,6,8,11,13-16,19,21H,4-5,7,9-10,12,17-18H2,1-2H3,(H,28,31)/t19-/m0/s1. The molecule has 1 atom stereocenters. The number of ether oxygens (including phenoxy) is 2. The van der Waals surface area contributed by atoms with Gasteiger partial charge in [-0.05, 0) is 56.5 Å². The first-order valence-electron chi connectivity index (χ1n) is 11.6. The molecule has 0 saturated heterocycles. The van der Waals surface area contributed by atoms with Crippen LogP contribution in [-0.4, -0.2) is 42.5 Å². The number of hydrogen-bond donors (Lipinski definition) is 1. The summed E-state index contributed by atoms with van der Waals surface area (Å²) in [6, 6.07) is 13.0. The van der Waals surface area contributed by atoms with Gasteiger partial charge in [-0.2, -0.15) is 0 Å². The fraction of sp³-hybridized carbons (Fsp3) is 0.462. The highest BCUT2D eigenvalue weighted by Crippen LogP contribution is 2.20. The molecule has 1 fully saturated rings. The Morgan fingerprint density at radius 2 is 1.76 bits per heavy atom. The molecule has 0 spiro atoms. The van der Waals surface area contributed by atoms with Gasteiger partial charge in [0.05, 0.1) is 13.7 Å². The maximum Gasteiger partial charge on any atom is 0.242 e. The van der Waals surface area contributed by atoms with Crippen molar-refractivity contribution in [2.24, 2.45) is 0 Å². The van der Waals surface area contributed by atoms with Crippen LogP contribution in [0, 0.1) is 5.82 Å². The predicted octanol–water partition coefficient (Wildman–Crippen LogP) is 4.47. The van der Waals surface area contributed by atoms with Gasteiger partial charge in [0.15, 0.2) is 0 Å². The largest absolute Gasteiger partial charge is 0.497 e. The maximum absolute atomic E-state index is 14.3. The number of carbonyl (C=O) groups excluding carboxylic acids is 2. The Bertz CT molecular complexity index is 913. The second-order valence-corrected chi connectivity index (χ2v) is 8.41. The van der Waals surface area contributed by atoms with Crippen molar-refractivity contribution in [2.45, 2.75) is 64.1 Å². The lowest BCUT2D eigenvalue weighted by Crippen LogP contribution is -2.49. The number of nitrogens with zero attached hydrogens (tertiary/aromatic N) is 1. The highest BCUT2D eigenvalue weighted by atomic mass is 19.1. The van der Waals surface area contributed by atoms with Crippen LogP contribution in [-0.2, 0) is 16.1 Å². The molecule has 0 radical (unpaired) electrons. The van der Waals surface area contributed by atoms with Gasteiger partial charge in [0.25, 0.3) is 0 Å². The van der Waals surface area contributed by atoms with E-state index in [1.165, 1.54) is 11.0 Å². The fourth-order valence-corrected chi connectivity index (χ4v) is 4.01. The van der Waals surface area contributed by atoms with Crippen LogP contribution < -0.4 is 14.8 Å². The van der Waals surface area contributed by atoms with E-state index in [0.717, 1.165) is 31.4 Å². The molecule has 7 heteroatoms. The first-order chi connectivity index (χ1) is 16.0. The van der Waals surface area contributed by atoms with Crippen LogP contribution in [0.4, 0.5) is 4.39 Å². The molecule has 0 aliphatic heterocycles. The molecule has 1 aliphatic carbocycles. The Morgan fingerprint density at radius 3 is 2.42 bits per heavy atom. The number of halogens is 1. The summed E-state index contributed by atoms with van der Waals surface area (Å²) < 4.78 is 25.1. The molecule has 178 valence electrons. The van der Waals surface area contributed by atoms with E-state index in [2.05, 4.69) is 5.32 Å². The van der Waals surface area contributed by atoms with Crippen molar-refractivity contribution < 1.29 is 23.5 Å². The van der Waals surface area contributed by atoms with Crippen LogP contribution in [0.15, 0.2) is 48.5 Å². The number of rotatable bonds is 11. The number of methoxy groups -OCH3 is 1. The van der Waals surface area contributed by atoms with Gasteiger partial charge in [0.2, 0.25) is 11.8 Å². The lowest BCUT2D eigenvalue weighted by Gasteiger charge is -2.30. The first kappa shape index (κ1) is 24.6. The summed E-state index contributed by atoms with van der Waals surface area (Å²) in [5.41, 5.74) is 0.390. The molecule has 1 aliphatic rings. The Kier molecular flexibility index (Phi) is 9.10. The van der Waals surface area contributed by atoms with E-state index in [4.69, 9.17) is 9.47 Å². The number of hydrogen-bond acceptors (Lipinski definition) is 4. The van der Waals surface area contributed by atoms with E-state index >= 15 is 0 Å². The summed E-state index contributed by atoms with van der Waals surface area (Å²) in [6.45, 7) is 2.11. The zero-order valence-electron chi connectivity index (χ0n) is 19.4. The topological polar surface area (TPSA) is 67.9 Å². The van der Waals surface area contributed by atoms with Gasteiger partial charge in [-0.15, -0.1) is 0 Å². The van der Waals surface area contributed by atoms with Gasteiger partial charge in [-0.25, -0.2) is 4.39 Å². The molecule has 2 amide bonds. The summed E-state index contributed by atoms with van der Waals surface area (Å²) >= 11 is 0. The Morgan fingerprint density at radius 1 is 1.09 bits per heavy atom. The third-order valence-electron chi connectivity index (χ3n) is 6.03. The molecule has 33 heavy (non-hydrogen) atoms. The van der Waals surface area contributed by atoms with Crippen LogP contribution in [0.1, 0.15) is 51.0 Å². The number of amides is 2. The van der Waals surface area contributed by atoms with Gasteiger partial charge in [-0.1, -0.05) is 31.0 Å². The van der Waals surface area contributed by atoms with Crippen molar-refractivity contribution in [2.75, 3.05) is 13.7 Å². The molecule has 3 rings (SSSR count). The fourth-order valence-electron chi connectivity index (χ4n) is 4.01. The molecule has 2 aromatic rings. The normalized spacial score (nSPS) is 14.5. The summed E-state index contributed by atoms with van der Waals surface area (Å²) in [4.78, 5) is 27.4. The Balaban J connectivity index is 1.59. The van der Waals surface area contributed by atoms with Gasteiger partial charge < -0.3 is 19.7 Å². The quantitative estimate of drug-likeness (QED) is 0.507. The van der Waals surface area contributed by atoms with Gasteiger partial charge in [0, 0.05) is 24.6 Å². The average molecular weight is 457 g/mol. The van der Waals surface area contributed by atoms with Crippen LogP contribution in [0.5, 0.6) is 11.5 Å². The second-order valence-electron chi connectivity index (χ2n) is 8.41. The van der Waals surface area contributed by atoms with Crippen LogP contribution in [0.25, 0.3) is 0 Å². The van der Waals surface area contributed by atoms with Crippen molar-refractivity contribution in [1.82, 2.24) is 10.2 Å². The Hall–Kier alpha value is -3.09. The molecule has 1 N–H and O–H groups in total. The highest BCUT2D eigenvalue weighted by molar-refractivity contribution is 5.87. The van der Waals surface area contributed by atoms with E-state index in [9.17, 15) is 14.0 Å². The number of nitrogens with one attached hydrogen (secondary N) is 1. The highest BCUT2D eigenvalue weighted by Gasteiger charge is 2.28. The first-order valence-corrected chi connectivity index (χ1v) is 11.6. The number of benzene rings is 2. The molecular weight excluding hydrogens is 423 g/mol. The van der Waals surface area contributed by atoms with Crippen molar-refractivity contribution >= 4 is 11.8 Å². The maximum atomic E-state index is 14.3. The minimum Gasteiger partial charge on any atom is -0.497 e. The second kappa shape index (κ2) is 12.2. The van der Waals surface area contributed by atoms with E-state index in [-0.39, 0.29) is 36.6 Å². The molecular formula is C26H33FN2O4. The number of carbonyl (C=O) groups is 2. The monoisotopic (exact) mass is 456 g/mol. The molecule has 0 aromatic heterocycles. The lowest BCUT2D eigenvalue weighted by atomic mass is 10.1.